The van der Waals surface area contributed by atoms with Crippen LogP contribution in [0.2, 0.25) is 0 Å². The lowest BCUT2D eigenvalue weighted by atomic mass is 9.88. The largest absolute Gasteiger partial charge is 0.493 e. The number of ether oxygens (including phenoxy) is 9. The number of halogens is 2. The number of carbonyl (C=O) groups excluding carboxylic acids is 2. The second-order valence-electron chi connectivity index (χ2n) is 14.9. The van der Waals surface area contributed by atoms with E-state index in [0.717, 1.165) is 16.9 Å². The summed E-state index contributed by atoms with van der Waals surface area (Å²) in [7, 11) is 4.59. The first-order valence-corrected chi connectivity index (χ1v) is 21.7. The molecule has 0 spiro atoms. The van der Waals surface area contributed by atoms with Gasteiger partial charge in [-0.25, -0.2) is 4.99 Å². The Morgan fingerprint density at radius 2 is 0.910 bits per heavy atom. The first-order valence-electron chi connectivity index (χ1n) is 20.8. The maximum atomic E-state index is 13.5. The second-order valence-corrected chi connectivity index (χ2v) is 15.7. The van der Waals surface area contributed by atoms with Crippen LogP contribution in [0.3, 0.4) is 0 Å². The van der Waals surface area contributed by atoms with Gasteiger partial charge in [0.25, 0.3) is 0 Å². The molecule has 6 aromatic carbocycles. The fraction of sp³-hybridized carbons (Fsp3) is 0.212. The first kappa shape index (κ1) is 49.1. The fourth-order valence-corrected chi connectivity index (χ4v) is 6.87. The van der Waals surface area contributed by atoms with Gasteiger partial charge in [-0.1, -0.05) is 59.2 Å². The van der Waals surface area contributed by atoms with Crippen LogP contribution < -0.4 is 48.4 Å². The standard InChI is InChI=1S/C37H33Cl2NO8.C15H17NO3/c1-22-5-11-26(12-6-22)45-20-47-31-18-24(9-15-29(31)43-3)17-28-33(38)37(42)35(34(39)36(28)41)40-25-10-16-30(44-4)32(19-25)48-21-46-27-13-7-23(2)8-14-27;1-11-3-6-13(7-4-11)18-10-19-15-9-12(16)5-8-14(15)17-2/h5-19,33-34H,20-21H2,1-4H3;3-9H,10,16H2,1-2H3/b28-17-,40-35?;. The van der Waals surface area contributed by atoms with Gasteiger partial charge < -0.3 is 48.4 Å². The molecule has 2 N–H and O–H groups in total. The number of benzene rings is 6. The Balaban J connectivity index is 0.000000324. The highest BCUT2D eigenvalue weighted by Gasteiger charge is 2.42. The SMILES string of the molecule is COc1ccc(/C=C2\C(=O)C(Cl)C(=Nc3ccc(OC)c(OCOc4ccc(C)cc4)c3)C(=O)C2Cl)cc1OCOc1ccc(C)cc1.COc1ccc(N)cc1OCOc1ccc(C)cc1. The molecule has 7 rings (SSSR count). The van der Waals surface area contributed by atoms with Crippen molar-refractivity contribution in [2.45, 2.75) is 31.5 Å². The van der Waals surface area contributed by atoms with Gasteiger partial charge in [0.2, 0.25) is 26.2 Å². The highest BCUT2D eigenvalue weighted by molar-refractivity contribution is 6.68. The van der Waals surface area contributed by atoms with Crippen molar-refractivity contribution in [3.63, 3.8) is 0 Å². The molecule has 0 amide bonds. The smallest absolute Gasteiger partial charge is 0.231 e. The average Bonchev–Trinajstić information content (AvgIpc) is 3.33. The van der Waals surface area contributed by atoms with E-state index in [1.807, 2.05) is 93.6 Å². The second kappa shape index (κ2) is 23.7. The normalized spacial score (nSPS) is 15.5. The number of ketones is 2. The molecule has 2 atom stereocenters. The number of anilines is 1. The lowest BCUT2D eigenvalue weighted by Crippen LogP contribution is -2.45. The van der Waals surface area contributed by atoms with E-state index in [4.69, 9.17) is 71.6 Å². The van der Waals surface area contributed by atoms with E-state index in [9.17, 15) is 9.59 Å². The minimum atomic E-state index is -1.37. The number of aliphatic imine (C=N–C) groups is 1. The van der Waals surface area contributed by atoms with Crippen LogP contribution in [0.25, 0.3) is 6.08 Å². The minimum Gasteiger partial charge on any atom is -0.493 e. The van der Waals surface area contributed by atoms with Crippen molar-refractivity contribution in [1.82, 2.24) is 0 Å². The number of alkyl halides is 2. The lowest BCUT2D eigenvalue weighted by molar-refractivity contribution is -0.119. The zero-order valence-corrected chi connectivity index (χ0v) is 39.3. The van der Waals surface area contributed by atoms with E-state index in [2.05, 4.69) is 4.99 Å². The van der Waals surface area contributed by atoms with Gasteiger partial charge in [0.1, 0.15) is 33.7 Å². The van der Waals surface area contributed by atoms with E-state index >= 15 is 0 Å². The highest BCUT2D eigenvalue weighted by Crippen LogP contribution is 2.35. The molecule has 0 heterocycles. The van der Waals surface area contributed by atoms with Gasteiger partial charge in [-0.2, -0.15) is 0 Å². The number of allylic oxidation sites excluding steroid dienone is 1. The third kappa shape index (κ3) is 13.6. The van der Waals surface area contributed by atoms with Crippen molar-refractivity contribution >= 4 is 57.9 Å². The topological polar surface area (TPSA) is 156 Å². The van der Waals surface area contributed by atoms with E-state index in [-0.39, 0.29) is 31.7 Å². The van der Waals surface area contributed by atoms with Gasteiger partial charge in [-0.15, -0.1) is 23.2 Å². The number of carbonyl (C=O) groups is 2. The van der Waals surface area contributed by atoms with Crippen LogP contribution in [0.4, 0.5) is 11.4 Å². The summed E-state index contributed by atoms with van der Waals surface area (Å²) in [5.74, 6) is 3.64. The number of hydrogen-bond donors (Lipinski definition) is 1. The molecule has 13 nitrogen and oxygen atoms in total. The van der Waals surface area contributed by atoms with E-state index in [1.54, 1.807) is 61.7 Å². The molecule has 1 fully saturated rings. The highest BCUT2D eigenvalue weighted by atomic mass is 35.5. The zero-order chi connectivity index (χ0) is 47.9. The Morgan fingerprint density at radius 1 is 0.493 bits per heavy atom. The maximum absolute atomic E-state index is 13.5. The molecule has 1 aliphatic carbocycles. The molecule has 15 heteroatoms. The summed E-state index contributed by atoms with van der Waals surface area (Å²) in [6.07, 6.45) is 1.50. The summed E-state index contributed by atoms with van der Waals surface area (Å²) in [5.41, 5.74) is 10.4. The third-order valence-corrected chi connectivity index (χ3v) is 10.8. The number of aryl methyl sites for hydroxylation is 3. The molecule has 348 valence electrons. The molecular formula is C52H50Cl2N2O11. The summed E-state index contributed by atoms with van der Waals surface area (Å²) >= 11 is 13.1. The van der Waals surface area contributed by atoms with E-state index in [0.29, 0.717) is 62.9 Å². The number of methoxy groups -OCH3 is 3. The molecule has 0 aliphatic heterocycles. The number of Topliss-reactive ketones (excluding diaryl/α,β-unsaturated/α-hetero) is 2. The summed E-state index contributed by atoms with van der Waals surface area (Å²) in [6.45, 7) is 5.90. The van der Waals surface area contributed by atoms with Gasteiger partial charge in [-0.05, 0) is 105 Å². The number of nitrogens with zero attached hydrogens (tertiary/aromatic N) is 1. The van der Waals surface area contributed by atoms with Crippen LogP contribution in [0.1, 0.15) is 22.3 Å². The van der Waals surface area contributed by atoms with Gasteiger partial charge in [-0.3, -0.25) is 9.59 Å². The molecular weight excluding hydrogens is 899 g/mol. The quantitative estimate of drug-likeness (QED) is 0.0400. The van der Waals surface area contributed by atoms with Crippen LogP contribution in [0, 0.1) is 20.8 Å². The van der Waals surface area contributed by atoms with Crippen molar-refractivity contribution in [1.29, 1.82) is 0 Å². The van der Waals surface area contributed by atoms with Crippen molar-refractivity contribution in [2.24, 2.45) is 4.99 Å². The van der Waals surface area contributed by atoms with Crippen LogP contribution in [0.15, 0.2) is 138 Å². The van der Waals surface area contributed by atoms with Crippen molar-refractivity contribution in [3.05, 3.63) is 155 Å². The molecule has 67 heavy (non-hydrogen) atoms. The minimum absolute atomic E-state index is 0.0275. The molecule has 1 saturated carbocycles. The van der Waals surface area contributed by atoms with Gasteiger partial charge in [0, 0.05) is 23.4 Å². The summed E-state index contributed by atoms with van der Waals surface area (Å²) in [5, 5.41) is -2.69. The number of nitrogens with two attached hydrogens (primary N) is 1. The van der Waals surface area contributed by atoms with Crippen molar-refractivity contribution in [3.8, 4) is 51.7 Å². The number of hydrogen-bond acceptors (Lipinski definition) is 13. The summed E-state index contributed by atoms with van der Waals surface area (Å²) in [6, 6.07) is 37.9. The molecule has 0 saturated heterocycles. The van der Waals surface area contributed by atoms with Crippen LogP contribution in [0.5, 0.6) is 51.7 Å². The predicted molar refractivity (Wildman–Crippen MR) is 260 cm³/mol. The lowest BCUT2D eigenvalue weighted by Gasteiger charge is -2.24. The summed E-state index contributed by atoms with van der Waals surface area (Å²) < 4.78 is 49.9. The van der Waals surface area contributed by atoms with Crippen molar-refractivity contribution in [2.75, 3.05) is 47.4 Å². The van der Waals surface area contributed by atoms with Crippen LogP contribution >= 0.6 is 23.2 Å². The van der Waals surface area contributed by atoms with E-state index < -0.39 is 22.3 Å². The van der Waals surface area contributed by atoms with Gasteiger partial charge in [0.05, 0.1) is 27.0 Å². The molecule has 6 aromatic rings. The Labute approximate surface area is 399 Å². The number of nitrogen functional groups attached to an aromatic ring is 1. The number of rotatable bonds is 17. The fourth-order valence-electron chi connectivity index (χ4n) is 6.30. The van der Waals surface area contributed by atoms with Gasteiger partial charge >= 0.3 is 0 Å². The Kier molecular flexibility index (Phi) is 17.4. The maximum Gasteiger partial charge on any atom is 0.231 e. The Hall–Kier alpha value is -7.35. The predicted octanol–water partition coefficient (Wildman–Crippen LogP) is 10.7. The Bertz CT molecular complexity index is 2550. The molecule has 0 aromatic heterocycles. The van der Waals surface area contributed by atoms with Gasteiger partial charge in [0.15, 0.2) is 40.3 Å². The van der Waals surface area contributed by atoms with E-state index in [1.165, 1.54) is 25.9 Å². The molecule has 1 aliphatic rings. The van der Waals surface area contributed by atoms with Crippen molar-refractivity contribution < 1.29 is 52.2 Å². The molecule has 2 unspecified atom stereocenters. The average molecular weight is 950 g/mol. The summed E-state index contributed by atoms with van der Waals surface area (Å²) in [4.78, 5) is 31.3. The molecule has 0 bridgehead atoms. The third-order valence-electron chi connectivity index (χ3n) is 9.99. The first-order chi connectivity index (χ1) is 32.3. The molecule has 0 radical (unpaired) electrons. The van der Waals surface area contributed by atoms with Crippen LogP contribution in [-0.4, -0.2) is 69.7 Å². The zero-order valence-electron chi connectivity index (χ0n) is 37.7. The Morgan fingerprint density at radius 3 is 1.37 bits per heavy atom. The monoisotopic (exact) mass is 948 g/mol. The van der Waals surface area contributed by atoms with Crippen LogP contribution in [-0.2, 0) is 9.59 Å².